The van der Waals surface area contributed by atoms with Crippen molar-refractivity contribution < 1.29 is 4.79 Å². The number of hydrogen-bond acceptors (Lipinski definition) is 3. The average molecular weight is 441 g/mol. The van der Waals surface area contributed by atoms with E-state index in [4.69, 9.17) is 9.98 Å². The lowest BCUT2D eigenvalue weighted by Gasteiger charge is -2.05. The van der Waals surface area contributed by atoms with Gasteiger partial charge in [0.25, 0.3) is 0 Å². The van der Waals surface area contributed by atoms with Crippen LogP contribution in [-0.4, -0.2) is 17.2 Å². The van der Waals surface area contributed by atoms with Crippen LogP contribution < -0.4 is 0 Å². The number of aliphatic imine (C=N–C) groups is 2. The normalized spacial score (nSPS) is 13.8. The van der Waals surface area contributed by atoms with E-state index in [1.165, 1.54) is 11.1 Å². The zero-order valence-corrected chi connectivity index (χ0v) is 19.3. The van der Waals surface area contributed by atoms with Crippen LogP contribution in [0.2, 0.25) is 0 Å². The van der Waals surface area contributed by atoms with E-state index >= 15 is 0 Å². The number of carbonyl (C=O) groups excluding carboxylic acids is 1. The van der Waals surface area contributed by atoms with Crippen LogP contribution in [0.4, 0.5) is 11.4 Å². The largest absolute Gasteiger partial charge is 0.289 e. The molecule has 6 rings (SSSR count). The van der Waals surface area contributed by atoms with Crippen LogP contribution in [0.5, 0.6) is 0 Å². The lowest BCUT2D eigenvalue weighted by atomic mass is 9.97. The predicted octanol–water partition coefficient (Wildman–Crippen LogP) is 6.89. The van der Waals surface area contributed by atoms with Crippen LogP contribution in [0.15, 0.2) is 94.9 Å². The van der Waals surface area contributed by atoms with Crippen LogP contribution in [0.3, 0.4) is 0 Å². The summed E-state index contributed by atoms with van der Waals surface area (Å²) >= 11 is 0. The Morgan fingerprint density at radius 1 is 0.588 bits per heavy atom. The molecule has 4 aromatic rings. The summed E-state index contributed by atoms with van der Waals surface area (Å²) in [5, 5.41) is 0. The molecule has 4 aromatic carbocycles. The Morgan fingerprint density at radius 2 is 1.00 bits per heavy atom. The van der Waals surface area contributed by atoms with Crippen LogP contribution in [0.25, 0.3) is 0 Å². The number of rotatable bonds is 4. The van der Waals surface area contributed by atoms with E-state index in [1.807, 2.05) is 36.4 Å². The zero-order valence-electron chi connectivity index (χ0n) is 19.3. The molecule has 0 spiro atoms. The van der Waals surface area contributed by atoms with Crippen molar-refractivity contribution >= 4 is 28.6 Å². The number of carbonyl (C=O) groups is 1. The Balaban J connectivity index is 1.27. The third-order valence-electron chi connectivity index (χ3n) is 6.69. The molecule has 2 aliphatic heterocycles. The van der Waals surface area contributed by atoms with Crippen molar-refractivity contribution in [1.29, 1.82) is 0 Å². The number of benzene rings is 4. The van der Waals surface area contributed by atoms with Gasteiger partial charge in [-0.1, -0.05) is 83.9 Å². The first kappa shape index (κ1) is 20.5. The molecule has 0 amide bonds. The maximum absolute atomic E-state index is 13.3. The van der Waals surface area contributed by atoms with Gasteiger partial charge in [-0.2, -0.15) is 0 Å². The molecule has 2 aliphatic rings. The first-order chi connectivity index (χ1) is 16.5. The lowest BCUT2D eigenvalue weighted by molar-refractivity contribution is 0.103. The third kappa shape index (κ3) is 3.69. The second-order valence-corrected chi connectivity index (χ2v) is 9.22. The number of aryl methyl sites for hydroxylation is 2. The van der Waals surface area contributed by atoms with Crippen LogP contribution in [0.1, 0.15) is 49.3 Å². The van der Waals surface area contributed by atoms with E-state index in [1.54, 1.807) is 0 Å². The number of ketones is 1. The topological polar surface area (TPSA) is 41.8 Å². The van der Waals surface area contributed by atoms with Gasteiger partial charge in [0.05, 0.1) is 22.8 Å². The number of nitrogens with zero attached hydrogens (tertiary/aromatic N) is 2. The highest BCUT2D eigenvalue weighted by molar-refractivity contribution is 6.12. The Hall–Kier alpha value is -4.11. The van der Waals surface area contributed by atoms with Crippen LogP contribution in [-0.2, 0) is 12.8 Å². The summed E-state index contributed by atoms with van der Waals surface area (Å²) in [4.78, 5) is 23.0. The molecule has 34 heavy (non-hydrogen) atoms. The van der Waals surface area contributed by atoms with Gasteiger partial charge in [0, 0.05) is 24.0 Å². The summed E-state index contributed by atoms with van der Waals surface area (Å²) in [6.45, 7) is 4.17. The molecular formula is C31H24N2O. The summed E-state index contributed by atoms with van der Waals surface area (Å²) in [6.07, 6.45) is 1.59. The Kier molecular flexibility index (Phi) is 4.84. The van der Waals surface area contributed by atoms with Crippen molar-refractivity contribution in [2.75, 3.05) is 0 Å². The average Bonchev–Trinajstić information content (AvgIpc) is 3.48. The molecule has 164 valence electrons. The SMILES string of the molecule is Cc1ccc(C2=Nc3cc(C(=O)c4ccc5c(c4)N=C(c4ccc(C)cc4)C5)ccc3C2)cc1. The summed E-state index contributed by atoms with van der Waals surface area (Å²) in [7, 11) is 0. The van der Waals surface area contributed by atoms with Crippen molar-refractivity contribution in [3.63, 3.8) is 0 Å². The molecule has 3 heteroatoms. The van der Waals surface area contributed by atoms with E-state index in [9.17, 15) is 4.79 Å². The molecule has 0 atom stereocenters. The Morgan fingerprint density at radius 3 is 1.41 bits per heavy atom. The van der Waals surface area contributed by atoms with Crippen molar-refractivity contribution in [2.45, 2.75) is 26.7 Å². The quantitative estimate of drug-likeness (QED) is 0.319. The summed E-state index contributed by atoms with van der Waals surface area (Å²) in [5.41, 5.74) is 12.3. The van der Waals surface area contributed by atoms with Crippen molar-refractivity contribution in [3.8, 4) is 0 Å². The molecule has 0 radical (unpaired) electrons. The van der Waals surface area contributed by atoms with Gasteiger partial charge in [0.2, 0.25) is 0 Å². The minimum atomic E-state index is 0.00331. The Bertz CT molecular complexity index is 1390. The molecule has 2 heterocycles. The zero-order chi connectivity index (χ0) is 23.2. The molecule has 0 N–H and O–H groups in total. The van der Waals surface area contributed by atoms with Crippen molar-refractivity contribution in [3.05, 3.63) is 129 Å². The molecule has 0 aromatic heterocycles. The number of fused-ring (bicyclic) bond motifs is 2. The summed E-state index contributed by atoms with van der Waals surface area (Å²) in [6, 6.07) is 28.6. The van der Waals surface area contributed by atoms with E-state index in [0.717, 1.165) is 57.9 Å². The fraction of sp³-hybridized carbons (Fsp3) is 0.129. The second-order valence-electron chi connectivity index (χ2n) is 9.22. The van der Waals surface area contributed by atoms with Gasteiger partial charge in [-0.05, 0) is 48.2 Å². The van der Waals surface area contributed by atoms with Gasteiger partial charge in [-0.25, -0.2) is 0 Å². The molecule has 3 nitrogen and oxygen atoms in total. The van der Waals surface area contributed by atoms with Gasteiger partial charge in [-0.3, -0.25) is 14.8 Å². The second kappa shape index (κ2) is 8.03. The highest BCUT2D eigenvalue weighted by Crippen LogP contribution is 2.33. The first-order valence-corrected chi connectivity index (χ1v) is 11.6. The summed E-state index contributed by atoms with van der Waals surface area (Å²) in [5.74, 6) is 0.00331. The predicted molar refractivity (Wildman–Crippen MR) is 138 cm³/mol. The molecule has 0 saturated carbocycles. The number of hydrogen-bond donors (Lipinski definition) is 0. The molecule has 0 fully saturated rings. The van der Waals surface area contributed by atoms with Gasteiger partial charge >= 0.3 is 0 Å². The molecule has 0 bridgehead atoms. The highest BCUT2D eigenvalue weighted by Gasteiger charge is 2.21. The van der Waals surface area contributed by atoms with E-state index in [-0.39, 0.29) is 5.78 Å². The Labute approximate surface area is 199 Å². The molecule has 0 saturated heterocycles. The van der Waals surface area contributed by atoms with Gasteiger partial charge < -0.3 is 0 Å². The van der Waals surface area contributed by atoms with Gasteiger partial charge in [0.15, 0.2) is 5.78 Å². The molecule has 0 aliphatic carbocycles. The minimum Gasteiger partial charge on any atom is -0.289 e. The molecule has 0 unspecified atom stereocenters. The van der Waals surface area contributed by atoms with E-state index in [2.05, 4.69) is 62.4 Å². The third-order valence-corrected chi connectivity index (χ3v) is 6.69. The van der Waals surface area contributed by atoms with Crippen LogP contribution >= 0.6 is 0 Å². The maximum atomic E-state index is 13.3. The molecular weight excluding hydrogens is 416 g/mol. The maximum Gasteiger partial charge on any atom is 0.193 e. The fourth-order valence-electron chi connectivity index (χ4n) is 4.64. The lowest BCUT2D eigenvalue weighted by Crippen LogP contribution is -2.02. The van der Waals surface area contributed by atoms with Gasteiger partial charge in [-0.15, -0.1) is 0 Å². The van der Waals surface area contributed by atoms with Crippen LogP contribution in [0, 0.1) is 13.8 Å². The summed E-state index contributed by atoms with van der Waals surface area (Å²) < 4.78 is 0. The van der Waals surface area contributed by atoms with Crippen molar-refractivity contribution in [1.82, 2.24) is 0 Å². The fourth-order valence-corrected chi connectivity index (χ4v) is 4.64. The monoisotopic (exact) mass is 440 g/mol. The van der Waals surface area contributed by atoms with Crippen molar-refractivity contribution in [2.24, 2.45) is 9.98 Å². The smallest absolute Gasteiger partial charge is 0.193 e. The highest BCUT2D eigenvalue weighted by atomic mass is 16.1. The van der Waals surface area contributed by atoms with Gasteiger partial charge in [0.1, 0.15) is 0 Å². The van der Waals surface area contributed by atoms with E-state index in [0.29, 0.717) is 11.1 Å². The standard InChI is InChI=1S/C31H24N2O/c1-19-3-7-21(8-4-19)27-15-23-11-13-25(17-29(23)32-27)31(34)26-14-12-24-16-28(33-30(24)18-26)22-9-5-20(2)6-10-22/h3-14,17-18H,15-16H2,1-2H3. The minimum absolute atomic E-state index is 0.00331. The van der Waals surface area contributed by atoms with E-state index < -0.39 is 0 Å². The first-order valence-electron chi connectivity index (χ1n) is 11.6.